The minimum absolute atomic E-state index is 0.0643. The first kappa shape index (κ1) is 15.3. The highest BCUT2D eigenvalue weighted by atomic mass is 16.3. The third-order valence-electron chi connectivity index (χ3n) is 5.31. The lowest BCUT2D eigenvalue weighted by molar-refractivity contribution is -0.0312. The van der Waals surface area contributed by atoms with E-state index in [1.807, 2.05) is 0 Å². The highest BCUT2D eigenvalue weighted by molar-refractivity contribution is 4.91. The van der Waals surface area contributed by atoms with E-state index in [9.17, 15) is 5.11 Å². The number of aliphatic hydroxyl groups is 1. The average Bonchev–Trinajstić information content (AvgIpc) is 2.42. The summed E-state index contributed by atoms with van der Waals surface area (Å²) in [5.41, 5.74) is 0. The van der Waals surface area contributed by atoms with Crippen molar-refractivity contribution in [3.63, 3.8) is 0 Å². The van der Waals surface area contributed by atoms with Gasteiger partial charge in [0.05, 0.1) is 6.10 Å². The molecule has 1 saturated carbocycles. The first-order valence-electron chi connectivity index (χ1n) is 8.70. The summed E-state index contributed by atoms with van der Waals surface area (Å²) >= 11 is 0. The molecule has 0 aromatic carbocycles. The number of hydrogen-bond acceptors (Lipinski definition) is 2. The Balaban J connectivity index is 1.99. The lowest BCUT2D eigenvalue weighted by Crippen LogP contribution is -2.53. The van der Waals surface area contributed by atoms with Gasteiger partial charge >= 0.3 is 0 Å². The molecule has 0 radical (unpaired) electrons. The Hall–Kier alpha value is -0.0800. The number of rotatable bonds is 5. The van der Waals surface area contributed by atoms with E-state index in [-0.39, 0.29) is 6.10 Å². The molecule has 1 heterocycles. The normalized spacial score (nSPS) is 37.4. The molecule has 2 heteroatoms. The van der Waals surface area contributed by atoms with Crippen molar-refractivity contribution in [1.82, 2.24) is 4.90 Å². The maximum atomic E-state index is 10.5. The van der Waals surface area contributed by atoms with E-state index in [4.69, 9.17) is 0 Å². The van der Waals surface area contributed by atoms with Gasteiger partial charge in [0.25, 0.3) is 0 Å². The molecule has 1 saturated heterocycles. The molecule has 2 rings (SSSR count). The zero-order valence-corrected chi connectivity index (χ0v) is 13.0. The topological polar surface area (TPSA) is 23.5 Å². The van der Waals surface area contributed by atoms with Crippen LogP contribution in [-0.4, -0.2) is 34.7 Å². The predicted octanol–water partition coefficient (Wildman–Crippen LogP) is 3.97. The van der Waals surface area contributed by atoms with E-state index in [1.165, 1.54) is 64.3 Å². The standard InChI is InChI=1S/C17H33NO/c1-3-7-14-10-11-17(19)16(13-14)18-12-6-5-9-15(18)8-4-2/h14-17,19H,3-13H2,1-2H3. The Morgan fingerprint density at radius 2 is 1.79 bits per heavy atom. The van der Waals surface area contributed by atoms with Gasteiger partial charge in [0.2, 0.25) is 0 Å². The fraction of sp³-hybridized carbons (Fsp3) is 1.00. The molecule has 4 unspecified atom stereocenters. The van der Waals surface area contributed by atoms with Gasteiger partial charge in [0.15, 0.2) is 0 Å². The van der Waals surface area contributed by atoms with E-state index in [2.05, 4.69) is 18.7 Å². The van der Waals surface area contributed by atoms with Gasteiger partial charge in [-0.25, -0.2) is 0 Å². The van der Waals surface area contributed by atoms with Gasteiger partial charge < -0.3 is 5.11 Å². The smallest absolute Gasteiger partial charge is 0.0695 e. The third-order valence-corrected chi connectivity index (χ3v) is 5.31. The van der Waals surface area contributed by atoms with Crippen LogP contribution in [0, 0.1) is 5.92 Å². The van der Waals surface area contributed by atoms with Crippen molar-refractivity contribution < 1.29 is 5.11 Å². The van der Waals surface area contributed by atoms with Crippen LogP contribution in [0.1, 0.15) is 78.1 Å². The van der Waals surface area contributed by atoms with E-state index >= 15 is 0 Å². The molecule has 0 amide bonds. The van der Waals surface area contributed by atoms with Crippen molar-refractivity contribution in [2.75, 3.05) is 6.54 Å². The molecule has 2 nitrogen and oxygen atoms in total. The molecule has 19 heavy (non-hydrogen) atoms. The second-order valence-corrected chi connectivity index (χ2v) is 6.78. The molecular weight excluding hydrogens is 234 g/mol. The van der Waals surface area contributed by atoms with Crippen molar-refractivity contribution in [1.29, 1.82) is 0 Å². The molecular formula is C17H33NO. The van der Waals surface area contributed by atoms with Crippen LogP contribution in [0.3, 0.4) is 0 Å². The van der Waals surface area contributed by atoms with Crippen LogP contribution in [0.25, 0.3) is 0 Å². The summed E-state index contributed by atoms with van der Waals surface area (Å²) in [7, 11) is 0. The molecule has 0 aromatic rings. The van der Waals surface area contributed by atoms with E-state index in [0.29, 0.717) is 6.04 Å². The van der Waals surface area contributed by atoms with Crippen molar-refractivity contribution >= 4 is 0 Å². The number of nitrogens with zero attached hydrogens (tertiary/aromatic N) is 1. The molecule has 112 valence electrons. The molecule has 4 atom stereocenters. The highest BCUT2D eigenvalue weighted by Gasteiger charge is 2.36. The van der Waals surface area contributed by atoms with Crippen LogP contribution >= 0.6 is 0 Å². The highest BCUT2D eigenvalue weighted by Crippen LogP contribution is 2.34. The molecule has 2 fully saturated rings. The summed E-state index contributed by atoms with van der Waals surface area (Å²) in [4.78, 5) is 2.69. The summed E-state index contributed by atoms with van der Waals surface area (Å²) in [6.07, 6.45) is 12.8. The maximum Gasteiger partial charge on any atom is 0.0695 e. The van der Waals surface area contributed by atoms with Crippen LogP contribution in [-0.2, 0) is 0 Å². The second kappa shape index (κ2) is 7.64. The van der Waals surface area contributed by atoms with Gasteiger partial charge in [-0.3, -0.25) is 4.90 Å². The largest absolute Gasteiger partial charge is 0.391 e. The van der Waals surface area contributed by atoms with Gasteiger partial charge in [0, 0.05) is 12.1 Å². The lowest BCUT2D eigenvalue weighted by atomic mass is 9.79. The SMILES string of the molecule is CCCC1CCC(O)C(N2CCCCC2CCC)C1. The maximum absolute atomic E-state index is 10.5. The Labute approximate surface area is 119 Å². The first-order chi connectivity index (χ1) is 9.26. The summed E-state index contributed by atoms with van der Waals surface area (Å²) < 4.78 is 0. The molecule has 1 aliphatic carbocycles. The molecule has 2 aliphatic rings. The summed E-state index contributed by atoms with van der Waals surface area (Å²) in [6, 6.07) is 1.21. The lowest BCUT2D eigenvalue weighted by Gasteiger charge is -2.46. The van der Waals surface area contributed by atoms with Crippen molar-refractivity contribution in [2.45, 2.75) is 96.2 Å². The number of aliphatic hydroxyl groups excluding tert-OH is 1. The second-order valence-electron chi connectivity index (χ2n) is 6.78. The predicted molar refractivity (Wildman–Crippen MR) is 81.3 cm³/mol. The fourth-order valence-electron chi connectivity index (χ4n) is 4.34. The first-order valence-corrected chi connectivity index (χ1v) is 8.70. The monoisotopic (exact) mass is 267 g/mol. The number of hydrogen-bond donors (Lipinski definition) is 1. The number of piperidine rings is 1. The van der Waals surface area contributed by atoms with E-state index in [1.54, 1.807) is 0 Å². The fourth-order valence-corrected chi connectivity index (χ4v) is 4.34. The molecule has 0 spiro atoms. The van der Waals surface area contributed by atoms with Crippen molar-refractivity contribution in [2.24, 2.45) is 5.92 Å². The van der Waals surface area contributed by atoms with Gasteiger partial charge in [0.1, 0.15) is 0 Å². The zero-order chi connectivity index (χ0) is 13.7. The minimum Gasteiger partial charge on any atom is -0.391 e. The van der Waals surface area contributed by atoms with Crippen LogP contribution in [0.15, 0.2) is 0 Å². The van der Waals surface area contributed by atoms with Gasteiger partial charge in [-0.15, -0.1) is 0 Å². The molecule has 1 aliphatic heterocycles. The Morgan fingerprint density at radius 3 is 2.53 bits per heavy atom. The third kappa shape index (κ3) is 3.95. The minimum atomic E-state index is -0.0643. The van der Waals surface area contributed by atoms with Crippen LogP contribution in [0.2, 0.25) is 0 Å². The summed E-state index contributed by atoms with van der Waals surface area (Å²) in [5, 5.41) is 10.5. The van der Waals surface area contributed by atoms with Crippen LogP contribution < -0.4 is 0 Å². The van der Waals surface area contributed by atoms with Crippen LogP contribution in [0.4, 0.5) is 0 Å². The van der Waals surface area contributed by atoms with Gasteiger partial charge in [-0.2, -0.15) is 0 Å². The van der Waals surface area contributed by atoms with Gasteiger partial charge in [-0.05, 0) is 51.0 Å². The zero-order valence-electron chi connectivity index (χ0n) is 13.0. The molecule has 0 bridgehead atoms. The van der Waals surface area contributed by atoms with E-state index < -0.39 is 0 Å². The van der Waals surface area contributed by atoms with E-state index in [0.717, 1.165) is 18.4 Å². The average molecular weight is 267 g/mol. The van der Waals surface area contributed by atoms with Crippen molar-refractivity contribution in [3.05, 3.63) is 0 Å². The molecule has 1 N–H and O–H groups in total. The quantitative estimate of drug-likeness (QED) is 0.814. The Morgan fingerprint density at radius 1 is 1.00 bits per heavy atom. The van der Waals surface area contributed by atoms with Crippen LogP contribution in [0.5, 0.6) is 0 Å². The molecule has 0 aromatic heterocycles. The van der Waals surface area contributed by atoms with Crippen molar-refractivity contribution in [3.8, 4) is 0 Å². The van der Waals surface area contributed by atoms with Gasteiger partial charge in [-0.1, -0.05) is 39.5 Å². The Kier molecular flexibility index (Phi) is 6.15. The summed E-state index contributed by atoms with van der Waals surface area (Å²) in [6.45, 7) is 5.82. The summed E-state index contributed by atoms with van der Waals surface area (Å²) in [5.74, 6) is 0.864. The Bertz CT molecular complexity index is 254. The number of likely N-dealkylation sites (tertiary alicyclic amines) is 1.